The van der Waals surface area contributed by atoms with Gasteiger partial charge in [0.2, 0.25) is 0 Å². The van der Waals surface area contributed by atoms with Crippen LogP contribution in [-0.2, 0) is 0 Å². The maximum atomic E-state index is 7.52. The number of aliphatic imine (C=N–C) groups is 2. The van der Waals surface area contributed by atoms with Gasteiger partial charge in [0.15, 0.2) is 11.8 Å². The molecular weight excluding hydrogens is 442 g/mol. The Morgan fingerprint density at radius 2 is 1.68 bits per heavy atom. The second kappa shape index (κ2) is 14.0. The van der Waals surface area contributed by atoms with Gasteiger partial charge >= 0.3 is 0 Å². The van der Waals surface area contributed by atoms with Gasteiger partial charge in [-0.2, -0.15) is 0 Å². The normalized spacial score (nSPS) is 12.0. The topological polar surface area (TPSA) is 92.9 Å². The van der Waals surface area contributed by atoms with E-state index in [9.17, 15) is 0 Å². The van der Waals surface area contributed by atoms with Crippen LogP contribution in [0.1, 0.15) is 23.1 Å². The molecule has 0 spiro atoms. The minimum atomic E-state index is 0.208. The van der Waals surface area contributed by atoms with Gasteiger partial charge < -0.3 is 15.7 Å². The minimum Gasteiger partial charge on any atom is -0.400 e. The van der Waals surface area contributed by atoms with E-state index < -0.39 is 0 Å². The van der Waals surface area contributed by atoms with Gasteiger partial charge in [-0.1, -0.05) is 54.6 Å². The molecule has 34 heavy (non-hydrogen) atoms. The number of thiol groups is 1. The molecule has 0 unspecified atom stereocenters. The van der Waals surface area contributed by atoms with Crippen molar-refractivity contribution in [3.63, 3.8) is 0 Å². The molecule has 6 nitrogen and oxygen atoms in total. The highest BCUT2D eigenvalue weighted by Crippen LogP contribution is 2.23. The van der Waals surface area contributed by atoms with E-state index in [0.29, 0.717) is 0 Å². The lowest BCUT2D eigenvalue weighted by atomic mass is 10.0. The van der Waals surface area contributed by atoms with Gasteiger partial charge in [0, 0.05) is 36.3 Å². The molecule has 0 bridgehead atoms. The smallest absolute Gasteiger partial charge is 0.195 e. The van der Waals surface area contributed by atoms with Crippen molar-refractivity contribution in [2.45, 2.75) is 25.2 Å². The zero-order valence-corrected chi connectivity index (χ0v) is 20.9. The zero-order valence-electron chi connectivity index (χ0n) is 20.0. The van der Waals surface area contributed by atoms with Crippen LogP contribution in [0, 0.1) is 19.3 Å². The maximum Gasteiger partial charge on any atom is 0.195 e. The largest absolute Gasteiger partial charge is 0.400 e. The Morgan fingerprint density at radius 1 is 1.03 bits per heavy atom. The summed E-state index contributed by atoms with van der Waals surface area (Å²) in [5.41, 5.74) is 6.56. The van der Waals surface area contributed by atoms with Crippen LogP contribution in [0.2, 0.25) is 0 Å². The Morgan fingerprint density at radius 3 is 2.26 bits per heavy atom. The monoisotopic (exact) mass is 475 g/mol. The molecule has 4 N–H and O–H groups in total. The molecular formula is C27H33N5OS. The highest BCUT2D eigenvalue weighted by molar-refractivity contribution is 7.80. The van der Waals surface area contributed by atoms with Crippen molar-refractivity contribution in [1.82, 2.24) is 5.32 Å². The Kier molecular flexibility index (Phi) is 11.0. The molecule has 0 saturated carbocycles. The molecule has 7 heteroatoms. The predicted octanol–water partition coefficient (Wildman–Crippen LogP) is 5.34. The van der Waals surface area contributed by atoms with Gasteiger partial charge in [-0.3, -0.25) is 10.4 Å². The molecule has 0 amide bonds. The van der Waals surface area contributed by atoms with Crippen LogP contribution < -0.4 is 10.6 Å². The molecule has 3 aromatic carbocycles. The number of nitrogens with zero attached hydrogens (tertiary/aromatic N) is 2. The first kappa shape index (κ1) is 26.8. The van der Waals surface area contributed by atoms with Crippen LogP contribution >= 0.6 is 12.6 Å². The first-order valence-corrected chi connectivity index (χ1v) is 11.4. The number of aliphatic hydroxyl groups excluding tert-OH is 1. The number of amidine groups is 1. The molecule has 0 aliphatic carbocycles. The first-order valence-electron chi connectivity index (χ1n) is 11.0. The third kappa shape index (κ3) is 7.86. The van der Waals surface area contributed by atoms with Crippen LogP contribution in [0.25, 0.3) is 11.1 Å². The molecule has 0 aromatic heterocycles. The van der Waals surface area contributed by atoms with E-state index in [4.69, 9.17) is 10.5 Å². The third-order valence-corrected chi connectivity index (χ3v) is 5.60. The summed E-state index contributed by atoms with van der Waals surface area (Å²) >= 11 is 4.41. The highest BCUT2D eigenvalue weighted by atomic mass is 32.1. The van der Waals surface area contributed by atoms with Gasteiger partial charge in [-0.25, -0.2) is 4.99 Å². The second-order valence-corrected chi connectivity index (χ2v) is 8.02. The fourth-order valence-electron chi connectivity index (χ4n) is 3.22. The number of hydrogen-bond donors (Lipinski definition) is 5. The SMILES string of the molecule is C=NC(=N)c1ccc(-c2ccccc2)cc1.CO.Cc1cc(NC2=NCCCN2)c(C)cc1S. The van der Waals surface area contributed by atoms with Crippen LogP contribution in [0.3, 0.4) is 0 Å². The van der Waals surface area contributed by atoms with Crippen molar-refractivity contribution in [2.75, 3.05) is 25.5 Å². The van der Waals surface area contributed by atoms with E-state index >= 15 is 0 Å². The Bertz CT molecular complexity index is 1110. The van der Waals surface area contributed by atoms with Crippen LogP contribution in [0.5, 0.6) is 0 Å². The number of benzene rings is 3. The molecule has 0 radical (unpaired) electrons. The fourth-order valence-corrected chi connectivity index (χ4v) is 3.48. The summed E-state index contributed by atoms with van der Waals surface area (Å²) in [6, 6.07) is 22.1. The van der Waals surface area contributed by atoms with E-state index in [1.165, 1.54) is 16.7 Å². The Hall–Kier alpha value is -3.42. The van der Waals surface area contributed by atoms with E-state index in [1.807, 2.05) is 42.5 Å². The molecule has 4 rings (SSSR count). The highest BCUT2D eigenvalue weighted by Gasteiger charge is 2.07. The van der Waals surface area contributed by atoms with Crippen molar-refractivity contribution < 1.29 is 5.11 Å². The molecule has 1 aliphatic heterocycles. The number of aryl methyl sites for hydroxylation is 2. The summed E-state index contributed by atoms with van der Waals surface area (Å²) in [6.07, 6.45) is 1.11. The Labute approximate surface area is 207 Å². The van der Waals surface area contributed by atoms with Crippen molar-refractivity contribution >= 4 is 36.8 Å². The standard InChI is InChI=1S/C14H12N2.C12H17N3S.CH4O/c1-16-14(15)13-9-7-12(8-10-13)11-5-3-2-4-6-11;1-8-7-11(16)9(2)6-10(8)15-12-13-4-3-5-14-12;1-2/h2-10,15H,1H2;6-7,16H,3-5H2,1-2H3,(H2,13,14,15);2H,1H3. The van der Waals surface area contributed by atoms with Crippen LogP contribution in [0.15, 0.2) is 81.6 Å². The predicted molar refractivity (Wildman–Crippen MR) is 148 cm³/mol. The van der Waals surface area contributed by atoms with E-state index in [1.54, 1.807) is 0 Å². The molecule has 0 atom stereocenters. The second-order valence-electron chi connectivity index (χ2n) is 7.54. The maximum absolute atomic E-state index is 7.52. The average molecular weight is 476 g/mol. The summed E-state index contributed by atoms with van der Waals surface area (Å²) in [5.74, 6) is 1.08. The molecule has 1 heterocycles. The number of hydrogen-bond acceptors (Lipinski definition) is 6. The van der Waals surface area contributed by atoms with E-state index in [-0.39, 0.29) is 5.84 Å². The number of guanidine groups is 1. The van der Waals surface area contributed by atoms with Gasteiger partial charge in [-0.15, -0.1) is 12.6 Å². The van der Waals surface area contributed by atoms with Gasteiger partial charge in [0.25, 0.3) is 0 Å². The summed E-state index contributed by atoms with van der Waals surface area (Å²) in [7, 11) is 1.00. The summed E-state index contributed by atoms with van der Waals surface area (Å²) in [5, 5.41) is 21.1. The van der Waals surface area contributed by atoms with Crippen molar-refractivity contribution in [1.29, 1.82) is 5.41 Å². The number of anilines is 1. The fraction of sp³-hybridized carbons (Fsp3) is 0.222. The quantitative estimate of drug-likeness (QED) is 0.201. The van der Waals surface area contributed by atoms with Crippen molar-refractivity contribution in [3.05, 3.63) is 83.4 Å². The lowest BCUT2D eigenvalue weighted by Crippen LogP contribution is -2.35. The average Bonchev–Trinajstić information content (AvgIpc) is 2.89. The van der Waals surface area contributed by atoms with Crippen LogP contribution in [0.4, 0.5) is 5.69 Å². The van der Waals surface area contributed by atoms with Crippen molar-refractivity contribution in [3.8, 4) is 11.1 Å². The van der Waals surface area contributed by atoms with Crippen LogP contribution in [-0.4, -0.2) is 43.8 Å². The molecule has 0 saturated heterocycles. The molecule has 1 aliphatic rings. The van der Waals surface area contributed by atoms with Crippen molar-refractivity contribution in [2.24, 2.45) is 9.98 Å². The summed E-state index contributed by atoms with van der Waals surface area (Å²) < 4.78 is 0. The molecule has 3 aromatic rings. The van der Waals surface area contributed by atoms with E-state index in [0.717, 1.165) is 54.3 Å². The number of rotatable bonds is 3. The lowest BCUT2D eigenvalue weighted by Gasteiger charge is -2.18. The zero-order chi connectivity index (χ0) is 24.9. The lowest BCUT2D eigenvalue weighted by molar-refractivity contribution is 0.399. The first-order chi connectivity index (χ1) is 16.5. The molecule has 0 fully saturated rings. The Balaban J connectivity index is 0.000000224. The van der Waals surface area contributed by atoms with Gasteiger partial charge in [0.1, 0.15) is 0 Å². The number of nitrogens with one attached hydrogen (secondary N) is 3. The third-order valence-electron chi connectivity index (χ3n) is 5.12. The minimum absolute atomic E-state index is 0.208. The summed E-state index contributed by atoms with van der Waals surface area (Å²) in [4.78, 5) is 9.02. The molecule has 178 valence electrons. The van der Waals surface area contributed by atoms with E-state index in [2.05, 4.69) is 78.1 Å². The number of aliphatic hydroxyl groups is 1. The van der Waals surface area contributed by atoms with Gasteiger partial charge in [-0.05, 0) is 61.4 Å². The van der Waals surface area contributed by atoms with Gasteiger partial charge in [0.05, 0.1) is 0 Å². The summed E-state index contributed by atoms with van der Waals surface area (Å²) in [6.45, 7) is 9.37.